The summed E-state index contributed by atoms with van der Waals surface area (Å²) in [5.41, 5.74) is 2.55. The monoisotopic (exact) mass is 268 g/mol. The van der Waals surface area contributed by atoms with Crippen LogP contribution in [-0.2, 0) is 4.79 Å². The van der Waals surface area contributed by atoms with Gasteiger partial charge in [-0.3, -0.25) is 0 Å². The average molecular weight is 268 g/mol. The Labute approximate surface area is 118 Å². The molecule has 3 nitrogen and oxygen atoms in total. The van der Waals surface area contributed by atoms with Gasteiger partial charge in [0, 0.05) is 0 Å². The number of aliphatic hydroxyl groups is 1. The van der Waals surface area contributed by atoms with Crippen LogP contribution in [0.3, 0.4) is 0 Å². The standard InChI is InChI=1S/C12H10.C5H6O3/c1-3-7-11(8-4-1)12-9-5-2-6-10-12;1-2-3-4(6)5(7)8/h1-10H;2-3,6H,1H2,(H,7,8)/b;4-3-. The van der Waals surface area contributed by atoms with Crippen LogP contribution in [-0.4, -0.2) is 16.2 Å². The molecule has 3 heteroatoms. The molecular weight excluding hydrogens is 252 g/mol. The van der Waals surface area contributed by atoms with Gasteiger partial charge in [0.25, 0.3) is 0 Å². The Kier molecular flexibility index (Phi) is 6.34. The minimum absolute atomic E-state index is 0.694. The van der Waals surface area contributed by atoms with Crippen molar-refractivity contribution < 1.29 is 15.0 Å². The van der Waals surface area contributed by atoms with Crippen LogP contribution in [0.4, 0.5) is 0 Å². The number of aliphatic carboxylic acids is 1. The van der Waals surface area contributed by atoms with E-state index < -0.39 is 11.7 Å². The average Bonchev–Trinajstić information content (AvgIpc) is 2.50. The van der Waals surface area contributed by atoms with Crippen LogP contribution in [0.5, 0.6) is 0 Å². The minimum atomic E-state index is -1.34. The maximum Gasteiger partial charge on any atom is 0.370 e. The van der Waals surface area contributed by atoms with Crippen molar-refractivity contribution in [3.8, 4) is 11.1 Å². The van der Waals surface area contributed by atoms with Crippen molar-refractivity contribution in [3.63, 3.8) is 0 Å². The fraction of sp³-hybridized carbons (Fsp3) is 0. The number of hydrogen-bond acceptors (Lipinski definition) is 2. The molecule has 0 atom stereocenters. The molecule has 0 saturated heterocycles. The maximum atomic E-state index is 9.72. The molecule has 0 saturated carbocycles. The number of hydrogen-bond donors (Lipinski definition) is 2. The van der Waals surface area contributed by atoms with Crippen molar-refractivity contribution >= 4 is 5.97 Å². The van der Waals surface area contributed by atoms with Crippen LogP contribution in [0.1, 0.15) is 0 Å². The fourth-order valence-corrected chi connectivity index (χ4v) is 1.44. The third-order valence-corrected chi connectivity index (χ3v) is 2.38. The lowest BCUT2D eigenvalue weighted by atomic mass is 10.1. The molecule has 0 fully saturated rings. The molecule has 0 unspecified atom stereocenters. The van der Waals surface area contributed by atoms with E-state index in [4.69, 9.17) is 10.2 Å². The van der Waals surface area contributed by atoms with Crippen LogP contribution in [0.25, 0.3) is 11.1 Å². The van der Waals surface area contributed by atoms with Crippen molar-refractivity contribution in [2.45, 2.75) is 0 Å². The molecule has 2 aromatic rings. The van der Waals surface area contributed by atoms with Gasteiger partial charge in [-0.05, 0) is 17.2 Å². The van der Waals surface area contributed by atoms with Gasteiger partial charge in [-0.2, -0.15) is 0 Å². The van der Waals surface area contributed by atoms with Gasteiger partial charge in [0.2, 0.25) is 5.76 Å². The number of carbonyl (C=O) groups is 1. The summed E-state index contributed by atoms with van der Waals surface area (Å²) in [5.74, 6) is -2.04. The second kappa shape index (κ2) is 8.32. The Morgan fingerprint density at radius 2 is 1.25 bits per heavy atom. The molecule has 2 rings (SSSR count). The molecule has 0 aliphatic heterocycles. The summed E-state index contributed by atoms with van der Waals surface area (Å²) in [6, 6.07) is 20.8. The number of allylic oxidation sites excluding steroid dienone is 2. The summed E-state index contributed by atoms with van der Waals surface area (Å²) in [6.45, 7) is 3.18. The van der Waals surface area contributed by atoms with Gasteiger partial charge < -0.3 is 10.2 Å². The van der Waals surface area contributed by atoms with Gasteiger partial charge in [-0.15, -0.1) is 0 Å². The zero-order chi connectivity index (χ0) is 14.8. The van der Waals surface area contributed by atoms with Crippen LogP contribution in [0.15, 0.2) is 85.2 Å². The second-order valence-corrected chi connectivity index (χ2v) is 3.82. The van der Waals surface area contributed by atoms with E-state index in [9.17, 15) is 4.79 Å². The summed E-state index contributed by atoms with van der Waals surface area (Å²) in [6.07, 6.45) is 2.20. The summed E-state index contributed by atoms with van der Waals surface area (Å²) < 4.78 is 0. The Morgan fingerprint density at radius 3 is 1.50 bits per heavy atom. The number of benzene rings is 2. The fourth-order valence-electron chi connectivity index (χ4n) is 1.44. The second-order valence-electron chi connectivity index (χ2n) is 3.82. The van der Waals surface area contributed by atoms with E-state index >= 15 is 0 Å². The lowest BCUT2D eigenvalue weighted by molar-refractivity contribution is -0.135. The van der Waals surface area contributed by atoms with E-state index in [0.29, 0.717) is 0 Å². The Morgan fingerprint density at radius 1 is 0.850 bits per heavy atom. The molecule has 0 amide bonds. The van der Waals surface area contributed by atoms with E-state index in [2.05, 4.69) is 55.1 Å². The van der Waals surface area contributed by atoms with Gasteiger partial charge in [0.15, 0.2) is 0 Å². The Hall–Kier alpha value is -2.81. The predicted octanol–water partition coefficient (Wildman–Crippen LogP) is 4.05. The van der Waals surface area contributed by atoms with Crippen LogP contribution in [0.2, 0.25) is 0 Å². The topological polar surface area (TPSA) is 57.5 Å². The lowest BCUT2D eigenvalue weighted by Crippen LogP contribution is -1.97. The maximum absolute atomic E-state index is 9.72. The van der Waals surface area contributed by atoms with Crippen LogP contribution >= 0.6 is 0 Å². The van der Waals surface area contributed by atoms with Crippen LogP contribution in [0, 0.1) is 0 Å². The number of rotatable bonds is 3. The minimum Gasteiger partial charge on any atom is -0.502 e. The highest BCUT2D eigenvalue weighted by Gasteiger charge is 1.98. The van der Waals surface area contributed by atoms with E-state index in [1.807, 2.05) is 12.1 Å². The Balaban J connectivity index is 0.000000221. The largest absolute Gasteiger partial charge is 0.502 e. The van der Waals surface area contributed by atoms with E-state index in [1.54, 1.807) is 0 Å². The zero-order valence-electron chi connectivity index (χ0n) is 10.9. The number of aliphatic hydroxyl groups excluding tert-OH is 1. The summed E-state index contributed by atoms with van der Waals surface area (Å²) in [5, 5.41) is 16.3. The van der Waals surface area contributed by atoms with Gasteiger partial charge in [0.1, 0.15) is 0 Å². The van der Waals surface area contributed by atoms with Crippen molar-refractivity contribution in [1.29, 1.82) is 0 Å². The van der Waals surface area contributed by atoms with Gasteiger partial charge in [-0.1, -0.05) is 73.3 Å². The molecule has 0 bridgehead atoms. The molecule has 20 heavy (non-hydrogen) atoms. The highest BCUT2D eigenvalue weighted by atomic mass is 16.4. The highest BCUT2D eigenvalue weighted by molar-refractivity contribution is 5.83. The SMILES string of the molecule is C=C/C=C(\O)C(=O)O.c1ccc(-c2ccccc2)cc1. The molecule has 2 aromatic carbocycles. The zero-order valence-corrected chi connectivity index (χ0v) is 10.9. The first-order valence-corrected chi connectivity index (χ1v) is 6.00. The van der Waals surface area contributed by atoms with Crippen molar-refractivity contribution in [3.05, 3.63) is 85.2 Å². The van der Waals surface area contributed by atoms with Crippen molar-refractivity contribution in [2.75, 3.05) is 0 Å². The molecular formula is C17H16O3. The number of carboxylic acid groups (broad SMARTS) is 1. The van der Waals surface area contributed by atoms with Gasteiger partial charge in [0.05, 0.1) is 0 Å². The van der Waals surface area contributed by atoms with E-state index in [-0.39, 0.29) is 0 Å². The third kappa shape index (κ3) is 5.23. The Bertz CT molecular complexity index is 534. The van der Waals surface area contributed by atoms with E-state index in [1.165, 1.54) is 17.2 Å². The van der Waals surface area contributed by atoms with Gasteiger partial charge >= 0.3 is 5.97 Å². The highest BCUT2D eigenvalue weighted by Crippen LogP contribution is 2.17. The molecule has 0 aliphatic rings. The summed E-state index contributed by atoms with van der Waals surface area (Å²) in [7, 11) is 0. The smallest absolute Gasteiger partial charge is 0.370 e. The molecule has 102 valence electrons. The molecule has 2 N–H and O–H groups in total. The molecule has 0 heterocycles. The molecule has 0 radical (unpaired) electrons. The number of carboxylic acids is 1. The lowest BCUT2D eigenvalue weighted by Gasteiger charge is -1.98. The normalized spacial score (nSPS) is 10.1. The summed E-state index contributed by atoms with van der Waals surface area (Å²) in [4.78, 5) is 9.72. The third-order valence-electron chi connectivity index (χ3n) is 2.38. The predicted molar refractivity (Wildman–Crippen MR) is 80.4 cm³/mol. The quantitative estimate of drug-likeness (QED) is 0.501. The molecule has 0 aliphatic carbocycles. The first-order valence-electron chi connectivity index (χ1n) is 6.00. The molecule has 0 aromatic heterocycles. The first-order chi connectivity index (χ1) is 9.65. The summed E-state index contributed by atoms with van der Waals surface area (Å²) >= 11 is 0. The van der Waals surface area contributed by atoms with Crippen molar-refractivity contribution in [2.24, 2.45) is 0 Å². The van der Waals surface area contributed by atoms with E-state index in [0.717, 1.165) is 6.08 Å². The van der Waals surface area contributed by atoms with Crippen LogP contribution < -0.4 is 0 Å². The molecule has 0 spiro atoms. The van der Waals surface area contributed by atoms with Crippen molar-refractivity contribution in [1.82, 2.24) is 0 Å². The first kappa shape index (κ1) is 15.2. The van der Waals surface area contributed by atoms with Gasteiger partial charge in [-0.25, -0.2) is 4.79 Å².